The molecular formula is C27H34. The van der Waals surface area contributed by atoms with Gasteiger partial charge < -0.3 is 0 Å². The molecule has 0 spiro atoms. The van der Waals surface area contributed by atoms with Gasteiger partial charge in [-0.2, -0.15) is 0 Å². The molecule has 0 radical (unpaired) electrons. The van der Waals surface area contributed by atoms with Crippen LogP contribution in [0.25, 0.3) is 6.08 Å². The summed E-state index contributed by atoms with van der Waals surface area (Å²) in [4.78, 5) is 0. The molecule has 0 N–H and O–H groups in total. The molecule has 0 aliphatic heterocycles. The van der Waals surface area contributed by atoms with Crippen molar-refractivity contribution in [2.24, 2.45) is 5.92 Å². The molecule has 0 heterocycles. The van der Waals surface area contributed by atoms with E-state index in [9.17, 15) is 0 Å². The van der Waals surface area contributed by atoms with Crippen molar-refractivity contribution in [2.75, 3.05) is 0 Å². The molecule has 0 heteroatoms. The molecule has 0 saturated carbocycles. The van der Waals surface area contributed by atoms with Gasteiger partial charge in [0, 0.05) is 0 Å². The van der Waals surface area contributed by atoms with Gasteiger partial charge in [-0.1, -0.05) is 106 Å². The number of allylic oxidation sites excluding steroid dienone is 2. The van der Waals surface area contributed by atoms with E-state index in [1.54, 1.807) is 0 Å². The van der Waals surface area contributed by atoms with E-state index in [0.29, 0.717) is 5.92 Å². The van der Waals surface area contributed by atoms with E-state index in [2.05, 4.69) is 98.5 Å². The van der Waals surface area contributed by atoms with Crippen LogP contribution in [0.4, 0.5) is 0 Å². The highest BCUT2D eigenvalue weighted by atomic mass is 14.1. The maximum atomic E-state index is 3.64. The third-order valence-electron chi connectivity index (χ3n) is 5.01. The number of hydrogen-bond donors (Lipinski definition) is 0. The lowest BCUT2D eigenvalue weighted by molar-refractivity contribution is 0.527. The van der Waals surface area contributed by atoms with Gasteiger partial charge in [0.25, 0.3) is 0 Å². The monoisotopic (exact) mass is 358 g/mol. The molecule has 0 aliphatic carbocycles. The predicted octanol–water partition coefficient (Wildman–Crippen LogP) is 8.02. The highest BCUT2D eigenvalue weighted by molar-refractivity contribution is 5.52. The predicted molar refractivity (Wildman–Crippen MR) is 120 cm³/mol. The normalized spacial score (nSPS) is 11.9. The van der Waals surface area contributed by atoms with Gasteiger partial charge >= 0.3 is 0 Å². The Kier molecular flexibility index (Phi) is 10.1. The lowest BCUT2D eigenvalue weighted by Crippen LogP contribution is -1.94. The molecule has 2 aromatic rings. The summed E-state index contributed by atoms with van der Waals surface area (Å²) in [7, 11) is 0. The minimum absolute atomic E-state index is 0.647. The summed E-state index contributed by atoms with van der Waals surface area (Å²) in [5, 5.41) is 0. The largest absolute Gasteiger partial charge is 0.121 e. The van der Waals surface area contributed by atoms with Gasteiger partial charge in [-0.05, 0) is 54.4 Å². The van der Waals surface area contributed by atoms with Crippen LogP contribution in [0.5, 0.6) is 0 Å². The zero-order chi connectivity index (χ0) is 19.2. The Morgan fingerprint density at radius 2 is 1.63 bits per heavy atom. The molecule has 2 aromatic carbocycles. The average Bonchev–Trinajstić information content (AvgIpc) is 2.73. The second-order valence-corrected chi connectivity index (χ2v) is 7.23. The van der Waals surface area contributed by atoms with Crippen molar-refractivity contribution in [3.63, 3.8) is 0 Å². The van der Waals surface area contributed by atoms with Crippen LogP contribution in [-0.4, -0.2) is 0 Å². The molecule has 0 amide bonds. The molecule has 2 rings (SSSR count). The molecule has 0 fully saturated rings. The summed E-state index contributed by atoms with van der Waals surface area (Å²) >= 11 is 0. The van der Waals surface area contributed by atoms with Gasteiger partial charge in [-0.25, -0.2) is 0 Å². The fourth-order valence-corrected chi connectivity index (χ4v) is 3.17. The van der Waals surface area contributed by atoms with E-state index >= 15 is 0 Å². The van der Waals surface area contributed by atoms with Crippen molar-refractivity contribution in [3.05, 3.63) is 95.2 Å². The lowest BCUT2D eigenvalue weighted by atomic mass is 9.97. The van der Waals surface area contributed by atoms with E-state index < -0.39 is 0 Å². The van der Waals surface area contributed by atoms with Crippen molar-refractivity contribution >= 4 is 6.08 Å². The summed E-state index contributed by atoms with van der Waals surface area (Å²) in [6.45, 7) is 4.56. The summed E-state index contributed by atoms with van der Waals surface area (Å²) in [6.07, 6.45) is 15.3. The Bertz CT molecular complexity index is 715. The van der Waals surface area contributed by atoms with E-state index in [1.165, 1.54) is 48.8 Å². The van der Waals surface area contributed by atoms with Crippen LogP contribution >= 0.6 is 0 Å². The molecular weight excluding hydrogens is 324 g/mol. The molecule has 1 atom stereocenters. The highest BCUT2D eigenvalue weighted by Gasteiger charge is 2.01. The first kappa shape index (κ1) is 21.0. The van der Waals surface area contributed by atoms with Crippen LogP contribution in [0.3, 0.4) is 0 Å². The van der Waals surface area contributed by atoms with Gasteiger partial charge in [-0.15, -0.1) is 5.73 Å². The van der Waals surface area contributed by atoms with E-state index in [1.807, 2.05) is 0 Å². The van der Waals surface area contributed by atoms with Crippen molar-refractivity contribution < 1.29 is 0 Å². The Labute approximate surface area is 166 Å². The molecule has 27 heavy (non-hydrogen) atoms. The number of rotatable bonds is 11. The topological polar surface area (TPSA) is 0 Å². The molecule has 142 valence electrons. The van der Waals surface area contributed by atoms with Crippen molar-refractivity contribution in [1.82, 2.24) is 0 Å². The minimum atomic E-state index is 0.647. The fourth-order valence-electron chi connectivity index (χ4n) is 3.17. The van der Waals surface area contributed by atoms with E-state index in [-0.39, 0.29) is 0 Å². The third-order valence-corrected chi connectivity index (χ3v) is 5.01. The third kappa shape index (κ3) is 8.76. The van der Waals surface area contributed by atoms with Gasteiger partial charge in [-0.3, -0.25) is 0 Å². The van der Waals surface area contributed by atoms with Gasteiger partial charge in [0.15, 0.2) is 0 Å². The second kappa shape index (κ2) is 13.0. The standard InChI is InChI=1S/C27H34/c1-3-5-8-13-24(4-2)18-19-27(22-20-25-14-9-6-10-15-25)23-21-26-16-11-7-12-17-26/h6-7,9-12,14-18,20,22,24H,3-5,8,13,21,23H2,1-2H3/b22-20+. The number of unbranched alkanes of at least 4 members (excludes halogenated alkanes) is 2. The molecule has 1 unspecified atom stereocenters. The molecule has 0 saturated heterocycles. The smallest absolute Gasteiger partial charge is 0.00601 e. The SMILES string of the molecule is CCCCCC(C=C=C(/C=C/c1ccccc1)CCc1ccccc1)CC. The maximum Gasteiger partial charge on any atom is -0.00601 e. The number of benzene rings is 2. The zero-order valence-corrected chi connectivity index (χ0v) is 17.0. The Morgan fingerprint density at radius 1 is 0.926 bits per heavy atom. The average molecular weight is 359 g/mol. The zero-order valence-electron chi connectivity index (χ0n) is 17.0. The Hall–Kier alpha value is -2.30. The summed E-state index contributed by atoms with van der Waals surface area (Å²) in [5.41, 5.74) is 7.56. The van der Waals surface area contributed by atoms with E-state index in [0.717, 1.165) is 12.8 Å². The van der Waals surface area contributed by atoms with Crippen molar-refractivity contribution in [2.45, 2.75) is 58.8 Å². The minimum Gasteiger partial charge on any atom is -0.121 e. The first-order valence-electron chi connectivity index (χ1n) is 10.5. The highest BCUT2D eigenvalue weighted by Crippen LogP contribution is 2.17. The van der Waals surface area contributed by atoms with Crippen molar-refractivity contribution in [1.29, 1.82) is 0 Å². The maximum absolute atomic E-state index is 3.64. The first-order valence-corrected chi connectivity index (χ1v) is 10.5. The van der Waals surface area contributed by atoms with E-state index in [4.69, 9.17) is 0 Å². The Morgan fingerprint density at radius 3 is 2.30 bits per heavy atom. The molecule has 0 aliphatic rings. The van der Waals surface area contributed by atoms with Crippen LogP contribution in [0.15, 0.2) is 84.1 Å². The van der Waals surface area contributed by atoms with Gasteiger partial charge in [0.2, 0.25) is 0 Å². The van der Waals surface area contributed by atoms with Gasteiger partial charge in [0.1, 0.15) is 0 Å². The van der Waals surface area contributed by atoms with Crippen LogP contribution in [-0.2, 0) is 6.42 Å². The fraction of sp³-hybridized carbons (Fsp3) is 0.370. The second-order valence-electron chi connectivity index (χ2n) is 7.23. The number of aryl methyl sites for hydroxylation is 1. The van der Waals surface area contributed by atoms with Crippen LogP contribution in [0.1, 0.15) is 63.5 Å². The van der Waals surface area contributed by atoms with Crippen LogP contribution in [0.2, 0.25) is 0 Å². The quantitative estimate of drug-likeness (QED) is 0.217. The molecule has 0 aromatic heterocycles. The summed E-state index contributed by atoms with van der Waals surface area (Å²) in [5.74, 6) is 0.647. The molecule has 0 bridgehead atoms. The molecule has 0 nitrogen and oxygen atoms in total. The summed E-state index contributed by atoms with van der Waals surface area (Å²) < 4.78 is 0. The Balaban J connectivity index is 2.11. The van der Waals surface area contributed by atoms with Crippen LogP contribution in [0, 0.1) is 5.92 Å². The summed E-state index contributed by atoms with van der Waals surface area (Å²) in [6, 6.07) is 21.3. The lowest BCUT2D eigenvalue weighted by Gasteiger charge is -2.08. The van der Waals surface area contributed by atoms with Crippen molar-refractivity contribution in [3.8, 4) is 0 Å². The first-order chi connectivity index (χ1) is 13.3. The van der Waals surface area contributed by atoms with Crippen LogP contribution < -0.4 is 0 Å². The van der Waals surface area contributed by atoms with Gasteiger partial charge in [0.05, 0.1) is 0 Å². The number of hydrogen-bond acceptors (Lipinski definition) is 0.